The molecule has 0 radical (unpaired) electrons. The molecule has 0 aliphatic carbocycles. The van der Waals surface area contributed by atoms with Gasteiger partial charge in [0, 0.05) is 12.6 Å². The average molecular weight is 597 g/mol. The molecule has 214 valence electrons. The minimum Gasteiger partial charge on any atom is -0.497 e. The van der Waals surface area contributed by atoms with E-state index in [0.29, 0.717) is 5.75 Å². The first-order valence-corrected chi connectivity index (χ1v) is 15.2. The molecule has 4 aromatic rings. The molecule has 0 heterocycles. The van der Waals surface area contributed by atoms with Crippen molar-refractivity contribution in [3.05, 3.63) is 112 Å². The van der Waals surface area contributed by atoms with Gasteiger partial charge in [-0.25, -0.2) is 16.8 Å². The van der Waals surface area contributed by atoms with Gasteiger partial charge >= 0.3 is 0 Å². The summed E-state index contributed by atoms with van der Waals surface area (Å²) in [5.41, 5.74) is 1.44. The topological polar surface area (TPSA) is 157 Å². The molecule has 4 aromatic carbocycles. The van der Waals surface area contributed by atoms with Crippen molar-refractivity contribution >= 4 is 42.8 Å². The third-order valence-electron chi connectivity index (χ3n) is 6.13. The maximum atomic E-state index is 13.3. The highest BCUT2D eigenvalue weighted by atomic mass is 32.2. The van der Waals surface area contributed by atoms with Crippen LogP contribution in [0.1, 0.15) is 16.7 Å². The second-order valence-corrected chi connectivity index (χ2v) is 12.6. The summed E-state index contributed by atoms with van der Waals surface area (Å²) in [4.78, 5) is 11.2. The van der Waals surface area contributed by atoms with Crippen LogP contribution in [0.2, 0.25) is 0 Å². The summed E-state index contributed by atoms with van der Waals surface area (Å²) < 4.78 is 62.7. The van der Waals surface area contributed by atoms with Crippen molar-refractivity contribution in [3.63, 3.8) is 0 Å². The fourth-order valence-corrected chi connectivity index (χ4v) is 5.97. The highest BCUT2D eigenvalue weighted by Crippen LogP contribution is 2.37. The van der Waals surface area contributed by atoms with Gasteiger partial charge in [0.2, 0.25) is 0 Å². The lowest BCUT2D eigenvalue weighted by atomic mass is 10.2. The quantitative estimate of drug-likeness (QED) is 0.153. The zero-order valence-corrected chi connectivity index (χ0v) is 24.0. The number of hydrogen-bond donors (Lipinski definition) is 3. The fraction of sp³-hybridized carbons (Fsp3) is 0.143. The summed E-state index contributed by atoms with van der Waals surface area (Å²) >= 11 is 0. The highest BCUT2D eigenvalue weighted by molar-refractivity contribution is 7.93. The Hall–Kier alpha value is -4.62. The summed E-state index contributed by atoms with van der Waals surface area (Å²) in [7, 11) is -6.90. The van der Waals surface area contributed by atoms with Crippen LogP contribution in [0.5, 0.6) is 5.75 Å². The van der Waals surface area contributed by atoms with Crippen LogP contribution in [0, 0.1) is 24.0 Å². The second-order valence-electron chi connectivity index (χ2n) is 9.21. The molecule has 0 spiro atoms. The molecule has 0 bridgehead atoms. The Bertz CT molecular complexity index is 1770. The number of aryl methyl sites for hydroxylation is 2. The van der Waals surface area contributed by atoms with Crippen LogP contribution in [-0.4, -0.2) is 28.9 Å². The molecule has 0 unspecified atom stereocenters. The number of sulfonamides is 2. The largest absolute Gasteiger partial charge is 0.497 e. The van der Waals surface area contributed by atoms with Crippen LogP contribution in [0.3, 0.4) is 0 Å². The number of anilines is 3. The van der Waals surface area contributed by atoms with Crippen molar-refractivity contribution in [2.24, 2.45) is 0 Å². The predicted molar refractivity (Wildman–Crippen MR) is 157 cm³/mol. The van der Waals surface area contributed by atoms with E-state index in [1.54, 1.807) is 62.4 Å². The maximum Gasteiger partial charge on any atom is 0.294 e. The van der Waals surface area contributed by atoms with E-state index in [4.69, 9.17) is 4.74 Å². The molecule has 11 nitrogen and oxygen atoms in total. The number of nitrogens with one attached hydrogen (secondary N) is 3. The SMILES string of the molecule is COc1ccc(CNc2cc(NS(=O)(=O)c3ccc(C)cc3)c(NS(=O)(=O)c3ccc(C)cc3)cc2[N+](=O)[O-])cc1. The minimum atomic E-state index is -4.24. The van der Waals surface area contributed by atoms with Gasteiger partial charge in [-0.15, -0.1) is 0 Å². The number of hydrogen-bond acceptors (Lipinski definition) is 8. The lowest BCUT2D eigenvalue weighted by Gasteiger charge is -2.17. The third kappa shape index (κ3) is 7.13. The van der Waals surface area contributed by atoms with Crippen LogP contribution in [0.4, 0.5) is 22.7 Å². The van der Waals surface area contributed by atoms with Gasteiger partial charge in [0.1, 0.15) is 11.4 Å². The van der Waals surface area contributed by atoms with E-state index in [-0.39, 0.29) is 33.4 Å². The Morgan fingerprint density at radius 2 is 1.17 bits per heavy atom. The molecule has 0 saturated carbocycles. The van der Waals surface area contributed by atoms with E-state index in [0.717, 1.165) is 22.8 Å². The predicted octanol–water partition coefficient (Wildman–Crippen LogP) is 5.43. The first-order chi connectivity index (χ1) is 19.4. The fourth-order valence-electron chi connectivity index (χ4n) is 3.83. The van der Waals surface area contributed by atoms with Crippen molar-refractivity contribution in [1.29, 1.82) is 0 Å². The Morgan fingerprint density at radius 1 is 0.707 bits per heavy atom. The lowest BCUT2D eigenvalue weighted by Crippen LogP contribution is -2.18. The highest BCUT2D eigenvalue weighted by Gasteiger charge is 2.25. The summed E-state index contributed by atoms with van der Waals surface area (Å²) in [6, 6.07) is 21.2. The van der Waals surface area contributed by atoms with Gasteiger partial charge in [-0.05, 0) is 61.9 Å². The smallest absolute Gasteiger partial charge is 0.294 e. The Balaban J connectivity index is 1.77. The van der Waals surface area contributed by atoms with Gasteiger partial charge in [-0.1, -0.05) is 47.5 Å². The molecule has 0 amide bonds. The zero-order chi connectivity index (χ0) is 29.8. The monoisotopic (exact) mass is 596 g/mol. The Kier molecular flexibility index (Phi) is 8.49. The van der Waals surface area contributed by atoms with E-state index in [1.165, 1.54) is 37.4 Å². The Morgan fingerprint density at radius 3 is 1.61 bits per heavy atom. The van der Waals surface area contributed by atoms with Gasteiger partial charge in [-0.2, -0.15) is 0 Å². The zero-order valence-electron chi connectivity index (χ0n) is 22.4. The van der Waals surface area contributed by atoms with Crippen molar-refractivity contribution in [2.45, 2.75) is 30.2 Å². The molecule has 3 N–H and O–H groups in total. The molecule has 0 saturated heterocycles. The van der Waals surface area contributed by atoms with Crippen LogP contribution in [0.15, 0.2) is 94.7 Å². The third-order valence-corrected chi connectivity index (χ3v) is 8.89. The van der Waals surface area contributed by atoms with Crippen LogP contribution < -0.4 is 19.5 Å². The standard InChI is InChI=1S/C28H28N4O7S2/c1-19-4-12-23(13-5-19)40(35,36)30-25-16-27(29-18-21-8-10-22(39-3)11-9-21)28(32(33)34)17-26(25)31-41(37,38)24-14-6-20(2)7-15-24/h4-17,29-31H,18H2,1-3H3. The molecule has 4 rings (SSSR count). The molecule has 0 fully saturated rings. The molecule has 13 heteroatoms. The van der Waals surface area contributed by atoms with Crippen LogP contribution in [0.25, 0.3) is 0 Å². The number of nitro benzene ring substituents is 1. The first-order valence-electron chi connectivity index (χ1n) is 12.3. The second kappa shape index (κ2) is 11.9. The van der Waals surface area contributed by atoms with Gasteiger partial charge in [0.25, 0.3) is 25.7 Å². The number of nitrogens with zero attached hydrogens (tertiary/aromatic N) is 1. The van der Waals surface area contributed by atoms with Crippen molar-refractivity contribution in [3.8, 4) is 5.75 Å². The normalized spacial score (nSPS) is 11.5. The lowest BCUT2D eigenvalue weighted by molar-refractivity contribution is -0.383. The number of ether oxygens (including phenoxy) is 1. The number of rotatable bonds is 11. The average Bonchev–Trinajstić information content (AvgIpc) is 2.93. The van der Waals surface area contributed by atoms with Gasteiger partial charge in [-0.3, -0.25) is 19.6 Å². The van der Waals surface area contributed by atoms with Crippen molar-refractivity contribution in [2.75, 3.05) is 21.9 Å². The summed E-state index contributed by atoms with van der Waals surface area (Å²) in [6.07, 6.45) is 0. The molecule has 0 aliphatic rings. The van der Waals surface area contributed by atoms with E-state index >= 15 is 0 Å². The van der Waals surface area contributed by atoms with Gasteiger partial charge in [0.15, 0.2) is 0 Å². The summed E-state index contributed by atoms with van der Waals surface area (Å²) in [6.45, 7) is 3.76. The van der Waals surface area contributed by atoms with Crippen molar-refractivity contribution < 1.29 is 26.5 Å². The first kappa shape index (κ1) is 29.4. The molecular formula is C28H28N4O7S2. The Labute approximate surface area is 238 Å². The van der Waals surface area contributed by atoms with Crippen LogP contribution in [-0.2, 0) is 26.6 Å². The van der Waals surface area contributed by atoms with Crippen LogP contribution >= 0.6 is 0 Å². The van der Waals surface area contributed by atoms with Gasteiger partial charge < -0.3 is 10.1 Å². The number of nitro groups is 1. The number of methoxy groups -OCH3 is 1. The summed E-state index contributed by atoms with van der Waals surface area (Å²) in [5.74, 6) is 0.637. The van der Waals surface area contributed by atoms with E-state index < -0.39 is 30.7 Å². The number of benzene rings is 4. The van der Waals surface area contributed by atoms with E-state index in [1.807, 2.05) is 0 Å². The van der Waals surface area contributed by atoms with Crippen molar-refractivity contribution in [1.82, 2.24) is 0 Å². The molecule has 0 aromatic heterocycles. The van der Waals surface area contributed by atoms with Gasteiger partial charge in [0.05, 0.1) is 33.2 Å². The summed E-state index contributed by atoms with van der Waals surface area (Å²) in [5, 5.41) is 15.0. The molecular weight excluding hydrogens is 568 g/mol. The molecule has 41 heavy (non-hydrogen) atoms. The molecule has 0 aliphatic heterocycles. The maximum absolute atomic E-state index is 13.3. The van der Waals surface area contributed by atoms with E-state index in [9.17, 15) is 26.9 Å². The minimum absolute atomic E-state index is 0.0225. The molecule has 0 atom stereocenters. The van der Waals surface area contributed by atoms with E-state index in [2.05, 4.69) is 14.8 Å².